The van der Waals surface area contributed by atoms with Gasteiger partial charge in [-0.25, -0.2) is 9.59 Å². The molecule has 0 spiro atoms. The van der Waals surface area contributed by atoms with E-state index < -0.39 is 18.1 Å². The van der Waals surface area contributed by atoms with Gasteiger partial charge in [0, 0.05) is 5.92 Å². The van der Waals surface area contributed by atoms with Crippen LogP contribution >= 0.6 is 0 Å². The maximum Gasteiger partial charge on any atom is 0.408 e. The minimum absolute atomic E-state index is 0.0995. The highest BCUT2D eigenvalue weighted by atomic mass is 16.6. The van der Waals surface area contributed by atoms with E-state index in [9.17, 15) is 9.59 Å². The van der Waals surface area contributed by atoms with Gasteiger partial charge in [0.25, 0.3) is 0 Å². The number of hydrogen-bond acceptors (Lipinski definition) is 4. The SMILES string of the molecule is COC(=O)[C@H](CC(C)C)NC(=O)OC1CCCC1Cc1ccccc1. The van der Waals surface area contributed by atoms with Crippen LogP contribution in [0.25, 0.3) is 0 Å². The average molecular weight is 347 g/mol. The van der Waals surface area contributed by atoms with Crippen LogP contribution in [0.1, 0.15) is 45.1 Å². The van der Waals surface area contributed by atoms with E-state index >= 15 is 0 Å². The Balaban J connectivity index is 1.90. The lowest BCUT2D eigenvalue weighted by atomic mass is 9.96. The molecule has 2 rings (SSSR count). The molecule has 5 nitrogen and oxygen atoms in total. The van der Waals surface area contributed by atoms with Gasteiger partial charge in [-0.1, -0.05) is 44.2 Å². The first-order chi connectivity index (χ1) is 12.0. The average Bonchev–Trinajstić information content (AvgIpc) is 3.00. The van der Waals surface area contributed by atoms with E-state index in [0.717, 1.165) is 25.7 Å². The van der Waals surface area contributed by atoms with E-state index in [1.54, 1.807) is 0 Å². The van der Waals surface area contributed by atoms with Crippen molar-refractivity contribution in [3.8, 4) is 0 Å². The molecule has 1 aliphatic carbocycles. The van der Waals surface area contributed by atoms with Gasteiger partial charge in [-0.05, 0) is 43.6 Å². The third kappa shape index (κ3) is 6.07. The molecule has 1 fully saturated rings. The molecule has 0 saturated heterocycles. The molecule has 0 aromatic heterocycles. The molecule has 0 heterocycles. The minimum atomic E-state index is -0.661. The number of amides is 1. The number of ether oxygens (including phenoxy) is 2. The van der Waals surface area contributed by atoms with E-state index in [2.05, 4.69) is 17.4 Å². The summed E-state index contributed by atoms with van der Waals surface area (Å²) in [5.41, 5.74) is 1.26. The van der Waals surface area contributed by atoms with Crippen LogP contribution in [0.5, 0.6) is 0 Å². The lowest BCUT2D eigenvalue weighted by molar-refractivity contribution is -0.143. The van der Waals surface area contributed by atoms with Gasteiger partial charge in [-0.3, -0.25) is 0 Å². The number of esters is 1. The number of carbonyl (C=O) groups excluding carboxylic acids is 2. The Bertz CT molecular complexity index is 558. The Hall–Kier alpha value is -2.04. The van der Waals surface area contributed by atoms with Crippen LogP contribution in [0.2, 0.25) is 0 Å². The lowest BCUT2D eigenvalue weighted by Crippen LogP contribution is -2.44. The van der Waals surface area contributed by atoms with Crippen molar-refractivity contribution in [2.45, 2.75) is 58.1 Å². The molecule has 1 N–H and O–H groups in total. The van der Waals surface area contributed by atoms with Gasteiger partial charge in [0.15, 0.2) is 0 Å². The number of benzene rings is 1. The molecule has 0 radical (unpaired) electrons. The van der Waals surface area contributed by atoms with Gasteiger partial charge in [-0.2, -0.15) is 0 Å². The first kappa shape index (κ1) is 19.3. The molecule has 0 aliphatic heterocycles. The maximum atomic E-state index is 12.3. The van der Waals surface area contributed by atoms with Crippen LogP contribution in [0.4, 0.5) is 4.79 Å². The van der Waals surface area contributed by atoms with Gasteiger partial charge in [0.2, 0.25) is 0 Å². The van der Waals surface area contributed by atoms with Gasteiger partial charge in [0.05, 0.1) is 7.11 Å². The van der Waals surface area contributed by atoms with Crippen LogP contribution in [-0.4, -0.2) is 31.3 Å². The van der Waals surface area contributed by atoms with E-state index in [-0.39, 0.29) is 12.0 Å². The van der Waals surface area contributed by atoms with Crippen LogP contribution in [0.15, 0.2) is 30.3 Å². The molecule has 5 heteroatoms. The zero-order valence-corrected chi connectivity index (χ0v) is 15.4. The third-order valence-electron chi connectivity index (χ3n) is 4.67. The smallest absolute Gasteiger partial charge is 0.408 e. The van der Waals surface area contributed by atoms with Crippen molar-refractivity contribution in [1.82, 2.24) is 5.32 Å². The Kier molecular flexibility index (Phi) is 7.29. The maximum absolute atomic E-state index is 12.3. The lowest BCUT2D eigenvalue weighted by Gasteiger charge is -2.23. The fourth-order valence-electron chi connectivity index (χ4n) is 3.45. The topological polar surface area (TPSA) is 64.6 Å². The molecular weight excluding hydrogens is 318 g/mol. The summed E-state index contributed by atoms with van der Waals surface area (Å²) in [4.78, 5) is 24.1. The van der Waals surface area contributed by atoms with E-state index in [4.69, 9.17) is 9.47 Å². The summed E-state index contributed by atoms with van der Waals surface area (Å²) >= 11 is 0. The molecule has 1 aromatic rings. The fourth-order valence-corrected chi connectivity index (χ4v) is 3.45. The highest BCUT2D eigenvalue weighted by Crippen LogP contribution is 2.31. The number of hydrogen-bond donors (Lipinski definition) is 1. The van der Waals surface area contributed by atoms with Crippen molar-refractivity contribution < 1.29 is 19.1 Å². The zero-order valence-electron chi connectivity index (χ0n) is 15.4. The zero-order chi connectivity index (χ0) is 18.2. The molecule has 2 unspecified atom stereocenters. The molecule has 3 atom stereocenters. The molecule has 25 heavy (non-hydrogen) atoms. The summed E-state index contributed by atoms with van der Waals surface area (Å²) in [6.45, 7) is 3.99. The Morgan fingerprint density at radius 2 is 1.92 bits per heavy atom. The Labute approximate surface area is 150 Å². The van der Waals surface area contributed by atoms with Crippen LogP contribution in [0, 0.1) is 11.8 Å². The summed E-state index contributed by atoms with van der Waals surface area (Å²) in [5, 5.41) is 2.67. The summed E-state index contributed by atoms with van der Waals surface area (Å²) in [7, 11) is 1.33. The van der Waals surface area contributed by atoms with Gasteiger partial charge < -0.3 is 14.8 Å². The number of alkyl carbamates (subject to hydrolysis) is 1. The first-order valence-corrected chi connectivity index (χ1v) is 9.08. The van der Waals surface area contributed by atoms with Gasteiger partial charge in [0.1, 0.15) is 12.1 Å². The summed E-state index contributed by atoms with van der Waals surface area (Å²) in [6.07, 6.45) is 3.79. The van der Waals surface area contributed by atoms with Crippen molar-refractivity contribution in [3.63, 3.8) is 0 Å². The highest BCUT2D eigenvalue weighted by Gasteiger charge is 2.32. The number of carbonyl (C=O) groups is 2. The van der Waals surface area contributed by atoms with Crippen molar-refractivity contribution in [2.24, 2.45) is 11.8 Å². The van der Waals surface area contributed by atoms with Crippen LogP contribution in [-0.2, 0) is 20.7 Å². The molecule has 0 bridgehead atoms. The second kappa shape index (κ2) is 9.44. The van der Waals surface area contributed by atoms with E-state index in [0.29, 0.717) is 12.3 Å². The van der Waals surface area contributed by atoms with Crippen LogP contribution in [0.3, 0.4) is 0 Å². The number of rotatable bonds is 7. The molecule has 138 valence electrons. The molecule has 1 amide bonds. The molecule has 1 aliphatic rings. The van der Waals surface area contributed by atoms with E-state index in [1.165, 1.54) is 12.7 Å². The quantitative estimate of drug-likeness (QED) is 0.764. The Morgan fingerprint density at radius 3 is 2.56 bits per heavy atom. The third-order valence-corrected chi connectivity index (χ3v) is 4.67. The fraction of sp³-hybridized carbons (Fsp3) is 0.600. The summed E-state index contributed by atoms with van der Waals surface area (Å²) in [5.74, 6) is 0.162. The normalized spacial score (nSPS) is 21.0. The van der Waals surface area contributed by atoms with E-state index in [1.807, 2.05) is 32.0 Å². The van der Waals surface area contributed by atoms with Crippen molar-refractivity contribution in [3.05, 3.63) is 35.9 Å². The monoisotopic (exact) mass is 347 g/mol. The second-order valence-corrected chi connectivity index (χ2v) is 7.17. The Morgan fingerprint density at radius 1 is 1.20 bits per heavy atom. The molecular formula is C20H29NO4. The number of nitrogens with one attached hydrogen (secondary N) is 1. The van der Waals surface area contributed by atoms with Crippen molar-refractivity contribution in [2.75, 3.05) is 7.11 Å². The van der Waals surface area contributed by atoms with Crippen molar-refractivity contribution in [1.29, 1.82) is 0 Å². The van der Waals surface area contributed by atoms with Crippen LogP contribution < -0.4 is 5.32 Å². The second-order valence-electron chi connectivity index (χ2n) is 7.17. The van der Waals surface area contributed by atoms with Crippen molar-refractivity contribution >= 4 is 12.1 Å². The van der Waals surface area contributed by atoms with Gasteiger partial charge in [-0.15, -0.1) is 0 Å². The molecule has 1 aromatic carbocycles. The first-order valence-electron chi connectivity index (χ1n) is 9.08. The predicted molar refractivity (Wildman–Crippen MR) is 96.2 cm³/mol. The standard InChI is InChI=1S/C20H29NO4/c1-14(2)12-17(19(22)24-3)21-20(23)25-18-11-7-10-16(18)13-15-8-5-4-6-9-15/h4-6,8-9,14,16-18H,7,10-13H2,1-3H3,(H,21,23)/t16?,17-,18?/m0/s1. The van der Waals surface area contributed by atoms with Gasteiger partial charge >= 0.3 is 12.1 Å². The summed E-state index contributed by atoms with van der Waals surface area (Å²) in [6, 6.07) is 9.60. The largest absolute Gasteiger partial charge is 0.467 e. The molecule has 1 saturated carbocycles. The number of methoxy groups -OCH3 is 1. The summed E-state index contributed by atoms with van der Waals surface area (Å²) < 4.78 is 10.4. The highest BCUT2D eigenvalue weighted by molar-refractivity contribution is 5.81. The minimum Gasteiger partial charge on any atom is -0.467 e. The predicted octanol–water partition coefficient (Wildman–Crippen LogP) is 3.71.